The monoisotopic (exact) mass is 412 g/mol. The standard InChI is InChI=1S/C21H24N4O3S/c1-14-5-7-18(8-6-14)13-25-16(3)21(15(2)23-25)24-29(27,28)20-11-9-19(10-12-20)22-17(4)26/h5-12,24H,13H2,1-4H3,(H,22,26). The van der Waals surface area contributed by atoms with Crippen molar-refractivity contribution in [3.8, 4) is 0 Å². The Labute approximate surface area is 170 Å². The fraction of sp³-hybridized carbons (Fsp3) is 0.238. The number of hydrogen-bond donors (Lipinski definition) is 2. The summed E-state index contributed by atoms with van der Waals surface area (Å²) in [5.41, 5.74) is 4.62. The number of amides is 1. The van der Waals surface area contributed by atoms with Crippen LogP contribution in [0.5, 0.6) is 0 Å². The van der Waals surface area contributed by atoms with Gasteiger partial charge in [0.05, 0.1) is 28.5 Å². The van der Waals surface area contributed by atoms with Gasteiger partial charge in [0.1, 0.15) is 0 Å². The van der Waals surface area contributed by atoms with E-state index in [-0.39, 0.29) is 10.8 Å². The summed E-state index contributed by atoms with van der Waals surface area (Å²) in [6, 6.07) is 14.2. The van der Waals surface area contributed by atoms with Crippen molar-refractivity contribution < 1.29 is 13.2 Å². The maximum absolute atomic E-state index is 12.8. The Hall–Kier alpha value is -3.13. The zero-order valence-corrected chi connectivity index (χ0v) is 17.7. The minimum atomic E-state index is -3.78. The number of carbonyl (C=O) groups is 1. The summed E-state index contributed by atoms with van der Waals surface area (Å²) >= 11 is 0. The summed E-state index contributed by atoms with van der Waals surface area (Å²) in [5.74, 6) is -0.217. The maximum atomic E-state index is 12.8. The first-order chi connectivity index (χ1) is 13.7. The van der Waals surface area contributed by atoms with Gasteiger partial charge in [-0.2, -0.15) is 5.10 Å². The topological polar surface area (TPSA) is 93.1 Å². The van der Waals surface area contributed by atoms with E-state index in [2.05, 4.69) is 15.1 Å². The second-order valence-electron chi connectivity index (χ2n) is 7.00. The van der Waals surface area contributed by atoms with E-state index < -0.39 is 10.0 Å². The van der Waals surface area contributed by atoms with Crippen LogP contribution in [0.3, 0.4) is 0 Å². The van der Waals surface area contributed by atoms with Crippen molar-refractivity contribution in [3.05, 3.63) is 71.0 Å². The second kappa shape index (κ2) is 8.08. The summed E-state index contributed by atoms with van der Waals surface area (Å²) in [5, 5.41) is 7.11. The molecule has 0 atom stereocenters. The lowest BCUT2D eigenvalue weighted by Crippen LogP contribution is -2.14. The number of benzene rings is 2. The molecule has 0 aliphatic carbocycles. The van der Waals surface area contributed by atoms with Crippen LogP contribution in [-0.2, 0) is 21.4 Å². The lowest BCUT2D eigenvalue weighted by atomic mass is 10.1. The Balaban J connectivity index is 1.82. The highest BCUT2D eigenvalue weighted by atomic mass is 32.2. The molecule has 3 aromatic rings. The van der Waals surface area contributed by atoms with Crippen LogP contribution in [0.15, 0.2) is 53.4 Å². The molecule has 1 heterocycles. The van der Waals surface area contributed by atoms with Gasteiger partial charge in [0.2, 0.25) is 5.91 Å². The average molecular weight is 413 g/mol. The summed E-state index contributed by atoms with van der Waals surface area (Å²) in [6.07, 6.45) is 0. The number of nitrogens with one attached hydrogen (secondary N) is 2. The molecule has 2 aromatic carbocycles. The molecule has 0 aliphatic rings. The molecule has 2 N–H and O–H groups in total. The number of aryl methyl sites for hydroxylation is 2. The van der Waals surface area contributed by atoms with Crippen molar-refractivity contribution in [2.45, 2.75) is 39.1 Å². The van der Waals surface area contributed by atoms with Gasteiger partial charge in [0, 0.05) is 12.6 Å². The van der Waals surface area contributed by atoms with Crippen LogP contribution < -0.4 is 10.0 Å². The Morgan fingerprint density at radius 3 is 2.21 bits per heavy atom. The number of anilines is 2. The first kappa shape index (κ1) is 20.6. The molecule has 1 aromatic heterocycles. The van der Waals surface area contributed by atoms with Crippen molar-refractivity contribution >= 4 is 27.3 Å². The molecule has 0 saturated heterocycles. The van der Waals surface area contributed by atoms with Gasteiger partial charge in [0.25, 0.3) is 10.0 Å². The highest BCUT2D eigenvalue weighted by Crippen LogP contribution is 2.24. The largest absolute Gasteiger partial charge is 0.326 e. The van der Waals surface area contributed by atoms with E-state index in [1.165, 1.54) is 24.6 Å². The Morgan fingerprint density at radius 2 is 1.62 bits per heavy atom. The predicted octanol–water partition coefficient (Wildman–Crippen LogP) is 3.62. The van der Waals surface area contributed by atoms with Crippen molar-refractivity contribution in [2.24, 2.45) is 0 Å². The molecule has 8 heteroatoms. The van der Waals surface area contributed by atoms with Gasteiger partial charge in [-0.15, -0.1) is 0 Å². The smallest absolute Gasteiger partial charge is 0.262 e. The number of hydrogen-bond acceptors (Lipinski definition) is 4. The lowest BCUT2D eigenvalue weighted by Gasteiger charge is -2.10. The normalized spacial score (nSPS) is 11.3. The van der Waals surface area contributed by atoms with Gasteiger partial charge in [-0.1, -0.05) is 29.8 Å². The molecule has 0 spiro atoms. The third-order valence-corrected chi connectivity index (χ3v) is 5.92. The minimum Gasteiger partial charge on any atom is -0.326 e. The van der Waals surface area contributed by atoms with Gasteiger partial charge < -0.3 is 5.32 Å². The maximum Gasteiger partial charge on any atom is 0.262 e. The van der Waals surface area contributed by atoms with Crippen LogP contribution >= 0.6 is 0 Å². The molecule has 1 amide bonds. The molecule has 0 saturated carbocycles. The molecular formula is C21H24N4O3S. The van der Waals surface area contributed by atoms with Gasteiger partial charge in [0.15, 0.2) is 0 Å². The first-order valence-electron chi connectivity index (χ1n) is 9.16. The van der Waals surface area contributed by atoms with E-state index >= 15 is 0 Å². The third-order valence-electron chi connectivity index (χ3n) is 4.56. The molecule has 0 fully saturated rings. The van der Waals surface area contributed by atoms with Crippen LogP contribution in [0, 0.1) is 20.8 Å². The van der Waals surface area contributed by atoms with E-state index in [1.807, 2.05) is 38.1 Å². The molecule has 0 radical (unpaired) electrons. The van der Waals surface area contributed by atoms with E-state index in [0.717, 1.165) is 11.3 Å². The van der Waals surface area contributed by atoms with Crippen LogP contribution in [0.2, 0.25) is 0 Å². The Morgan fingerprint density at radius 1 is 1.00 bits per heavy atom. The zero-order chi connectivity index (χ0) is 21.2. The van der Waals surface area contributed by atoms with Crippen LogP contribution in [-0.4, -0.2) is 24.1 Å². The number of nitrogens with zero attached hydrogens (tertiary/aromatic N) is 2. The minimum absolute atomic E-state index is 0.108. The summed E-state index contributed by atoms with van der Waals surface area (Å²) in [6.45, 7) is 7.59. The van der Waals surface area contributed by atoms with Gasteiger partial charge >= 0.3 is 0 Å². The van der Waals surface area contributed by atoms with E-state index in [1.54, 1.807) is 23.7 Å². The van der Waals surface area contributed by atoms with E-state index in [4.69, 9.17) is 0 Å². The van der Waals surface area contributed by atoms with E-state index in [9.17, 15) is 13.2 Å². The number of aromatic nitrogens is 2. The molecule has 7 nitrogen and oxygen atoms in total. The van der Waals surface area contributed by atoms with Gasteiger partial charge in [-0.3, -0.25) is 14.2 Å². The number of carbonyl (C=O) groups excluding carboxylic acids is 1. The summed E-state index contributed by atoms with van der Waals surface area (Å²) in [7, 11) is -3.78. The van der Waals surface area contributed by atoms with E-state index in [0.29, 0.717) is 23.6 Å². The summed E-state index contributed by atoms with van der Waals surface area (Å²) < 4.78 is 30.1. The molecule has 0 aliphatic heterocycles. The number of sulfonamides is 1. The zero-order valence-electron chi connectivity index (χ0n) is 16.9. The Bertz CT molecular complexity index is 1130. The van der Waals surface area contributed by atoms with Crippen LogP contribution in [0.25, 0.3) is 0 Å². The van der Waals surface area contributed by atoms with Gasteiger partial charge in [-0.25, -0.2) is 8.42 Å². The van der Waals surface area contributed by atoms with Crippen LogP contribution in [0.1, 0.15) is 29.4 Å². The average Bonchev–Trinajstić information content (AvgIpc) is 2.91. The van der Waals surface area contributed by atoms with Crippen LogP contribution in [0.4, 0.5) is 11.4 Å². The second-order valence-corrected chi connectivity index (χ2v) is 8.68. The Kier molecular flexibility index (Phi) is 5.74. The fourth-order valence-electron chi connectivity index (χ4n) is 2.98. The molecule has 29 heavy (non-hydrogen) atoms. The third kappa shape index (κ3) is 4.83. The molecule has 3 rings (SSSR count). The predicted molar refractivity (Wildman–Crippen MR) is 114 cm³/mol. The van der Waals surface area contributed by atoms with Crippen molar-refractivity contribution in [3.63, 3.8) is 0 Å². The molecular weight excluding hydrogens is 388 g/mol. The quantitative estimate of drug-likeness (QED) is 0.647. The highest BCUT2D eigenvalue weighted by Gasteiger charge is 2.20. The first-order valence-corrected chi connectivity index (χ1v) is 10.6. The van der Waals surface area contributed by atoms with Crippen molar-refractivity contribution in [1.29, 1.82) is 0 Å². The highest BCUT2D eigenvalue weighted by molar-refractivity contribution is 7.92. The molecule has 152 valence electrons. The summed E-state index contributed by atoms with van der Waals surface area (Å²) in [4.78, 5) is 11.2. The molecule has 0 bridgehead atoms. The SMILES string of the molecule is CC(=O)Nc1ccc(S(=O)(=O)Nc2c(C)nn(Cc3ccc(C)cc3)c2C)cc1. The molecule has 0 unspecified atom stereocenters. The van der Waals surface area contributed by atoms with Crippen molar-refractivity contribution in [2.75, 3.05) is 10.0 Å². The lowest BCUT2D eigenvalue weighted by molar-refractivity contribution is -0.114. The number of rotatable bonds is 6. The fourth-order valence-corrected chi connectivity index (χ4v) is 4.16. The van der Waals surface area contributed by atoms with Crippen molar-refractivity contribution in [1.82, 2.24) is 9.78 Å². The van der Waals surface area contributed by atoms with Gasteiger partial charge in [-0.05, 0) is 50.6 Å².